The number of carbonyl (C=O) groups excluding carboxylic acids is 1. The second-order valence-electron chi connectivity index (χ2n) is 11.1. The van der Waals surface area contributed by atoms with E-state index in [2.05, 4.69) is 34.0 Å². The number of aromatic nitrogens is 1. The molecular formula is C29H39N5O4S. The molecule has 2 fully saturated rings. The Kier molecular flexibility index (Phi) is 8.35. The average molecular weight is 554 g/mol. The van der Waals surface area contributed by atoms with Gasteiger partial charge in [0.15, 0.2) is 0 Å². The molecule has 0 bridgehead atoms. The molecule has 0 spiro atoms. The third-order valence-corrected chi connectivity index (χ3v) is 10.2. The van der Waals surface area contributed by atoms with Crippen molar-refractivity contribution in [1.82, 2.24) is 19.5 Å². The van der Waals surface area contributed by atoms with E-state index in [1.165, 1.54) is 12.8 Å². The average Bonchev–Trinajstić information content (AvgIpc) is 3.60. The fourth-order valence-electron chi connectivity index (χ4n) is 5.92. The van der Waals surface area contributed by atoms with Crippen molar-refractivity contribution in [3.8, 4) is 5.88 Å². The van der Waals surface area contributed by atoms with Crippen LogP contribution in [-0.2, 0) is 21.2 Å². The first-order chi connectivity index (χ1) is 18.7. The van der Waals surface area contributed by atoms with Gasteiger partial charge in [0.05, 0.1) is 35.7 Å². The molecule has 1 saturated carbocycles. The van der Waals surface area contributed by atoms with Crippen molar-refractivity contribution < 1.29 is 17.9 Å². The molecule has 1 saturated heterocycles. The number of rotatable bonds is 8. The zero-order valence-corrected chi connectivity index (χ0v) is 23.9. The first-order valence-electron chi connectivity index (χ1n) is 14.0. The van der Waals surface area contributed by atoms with E-state index in [0.717, 1.165) is 49.3 Å². The number of sulfonamides is 1. The summed E-state index contributed by atoms with van der Waals surface area (Å²) < 4.78 is 33.5. The molecule has 2 aliphatic heterocycles. The zero-order valence-electron chi connectivity index (χ0n) is 23.1. The van der Waals surface area contributed by atoms with Crippen LogP contribution >= 0.6 is 0 Å². The van der Waals surface area contributed by atoms with Gasteiger partial charge in [-0.25, -0.2) is 18.4 Å². The molecule has 1 atom stereocenters. The van der Waals surface area contributed by atoms with Crippen LogP contribution in [0.1, 0.15) is 63.1 Å². The van der Waals surface area contributed by atoms with Crippen molar-refractivity contribution in [2.75, 3.05) is 33.3 Å². The van der Waals surface area contributed by atoms with Gasteiger partial charge in [0.2, 0.25) is 21.8 Å². The molecule has 5 rings (SSSR count). The molecule has 1 aliphatic carbocycles. The molecule has 2 aromatic rings. The highest BCUT2D eigenvalue weighted by molar-refractivity contribution is 7.89. The van der Waals surface area contributed by atoms with Gasteiger partial charge in [0.1, 0.15) is 5.84 Å². The lowest BCUT2D eigenvalue weighted by molar-refractivity contribution is -0.121. The number of methoxy groups -OCH3 is 1. The quantitative estimate of drug-likeness (QED) is 0.532. The van der Waals surface area contributed by atoms with Gasteiger partial charge < -0.3 is 10.1 Å². The maximum atomic E-state index is 13.6. The number of hydrogen-bond acceptors (Lipinski definition) is 7. The van der Waals surface area contributed by atoms with Gasteiger partial charge in [-0.1, -0.05) is 37.8 Å². The van der Waals surface area contributed by atoms with Crippen molar-refractivity contribution in [1.29, 1.82) is 0 Å². The number of ether oxygens (including phenoxy) is 1. The van der Waals surface area contributed by atoms with Crippen LogP contribution in [0, 0.1) is 5.92 Å². The Bertz CT molecular complexity index is 1310. The lowest BCUT2D eigenvalue weighted by atomic mass is 9.87. The summed E-state index contributed by atoms with van der Waals surface area (Å²) in [6.07, 6.45) is 5.80. The molecule has 1 N–H and O–H groups in total. The third-order valence-electron chi connectivity index (χ3n) is 8.28. The standard InChI is InChI=1S/C29H39N5O4S/c1-20(2)33-14-16-34(17-15-33)39(36,37)23-10-8-22(9-11-23)24(18-21-6-4-5-7-21)29(35)32-27-19-26-25(30-27)12-13-28(31-26)38-3/h8-13,20-21,24H,4-7,14-19H2,1-3H3,(H,30,32,35). The Morgan fingerprint density at radius 3 is 2.38 bits per heavy atom. The van der Waals surface area contributed by atoms with Crippen molar-refractivity contribution in [3.05, 3.63) is 47.7 Å². The minimum absolute atomic E-state index is 0.110. The molecule has 39 heavy (non-hydrogen) atoms. The van der Waals surface area contributed by atoms with Crippen molar-refractivity contribution >= 4 is 27.5 Å². The monoisotopic (exact) mass is 553 g/mol. The predicted octanol–water partition coefficient (Wildman–Crippen LogP) is 3.87. The number of benzene rings is 1. The number of piperazine rings is 1. The molecule has 9 nitrogen and oxygen atoms in total. The summed E-state index contributed by atoms with van der Waals surface area (Å²) in [5, 5.41) is 3.04. The van der Waals surface area contributed by atoms with Gasteiger partial charge in [-0.2, -0.15) is 4.31 Å². The smallest absolute Gasteiger partial charge is 0.243 e. The number of nitrogens with one attached hydrogen (secondary N) is 1. The van der Waals surface area contributed by atoms with Crippen LogP contribution in [0.25, 0.3) is 0 Å². The minimum Gasteiger partial charge on any atom is -0.481 e. The summed E-state index contributed by atoms with van der Waals surface area (Å²) in [6.45, 7) is 6.70. The maximum absolute atomic E-state index is 13.6. The fourth-order valence-corrected chi connectivity index (χ4v) is 7.34. The van der Waals surface area contributed by atoms with Crippen LogP contribution in [0.4, 0.5) is 5.69 Å². The van der Waals surface area contributed by atoms with E-state index in [1.807, 2.05) is 18.2 Å². The molecule has 1 amide bonds. The van der Waals surface area contributed by atoms with Crippen molar-refractivity contribution in [3.63, 3.8) is 0 Å². The maximum Gasteiger partial charge on any atom is 0.243 e. The third kappa shape index (κ3) is 6.18. The fraction of sp³-hybridized carbons (Fsp3) is 0.552. The van der Waals surface area contributed by atoms with Crippen LogP contribution in [0.15, 0.2) is 46.3 Å². The topological polar surface area (TPSA) is 104 Å². The number of pyridine rings is 1. The zero-order chi connectivity index (χ0) is 27.6. The number of amidine groups is 1. The summed E-state index contributed by atoms with van der Waals surface area (Å²) in [7, 11) is -2.01. The molecule has 3 heterocycles. The lowest BCUT2D eigenvalue weighted by Gasteiger charge is -2.36. The Morgan fingerprint density at radius 1 is 1.05 bits per heavy atom. The van der Waals surface area contributed by atoms with Crippen molar-refractivity contribution in [2.45, 2.75) is 69.2 Å². The number of hydrogen-bond donors (Lipinski definition) is 1. The molecule has 210 valence electrons. The highest BCUT2D eigenvalue weighted by atomic mass is 32.2. The van der Waals surface area contributed by atoms with Gasteiger partial charge >= 0.3 is 0 Å². The van der Waals surface area contributed by atoms with Gasteiger partial charge in [-0.15, -0.1) is 0 Å². The molecule has 3 aliphatic rings. The lowest BCUT2D eigenvalue weighted by Crippen LogP contribution is -2.50. The molecule has 1 unspecified atom stereocenters. The van der Waals surface area contributed by atoms with E-state index in [-0.39, 0.29) is 16.7 Å². The summed E-state index contributed by atoms with van der Waals surface area (Å²) >= 11 is 0. The van der Waals surface area contributed by atoms with E-state index in [4.69, 9.17) is 4.74 Å². The van der Waals surface area contributed by atoms with Gasteiger partial charge in [0.25, 0.3) is 0 Å². The molecule has 10 heteroatoms. The first-order valence-corrected chi connectivity index (χ1v) is 15.4. The predicted molar refractivity (Wildman–Crippen MR) is 151 cm³/mol. The molecule has 1 aromatic carbocycles. The number of aliphatic imine (C=N–C) groups is 1. The molecule has 0 radical (unpaired) electrons. The van der Waals surface area contributed by atoms with Gasteiger partial charge in [-0.05, 0) is 49.9 Å². The van der Waals surface area contributed by atoms with Gasteiger partial charge in [0, 0.05) is 38.3 Å². The number of fused-ring (bicyclic) bond motifs is 1. The highest BCUT2D eigenvalue weighted by Gasteiger charge is 2.31. The minimum atomic E-state index is -3.58. The number of carbonyl (C=O) groups is 1. The van der Waals surface area contributed by atoms with Crippen LogP contribution in [0.3, 0.4) is 0 Å². The molecule has 1 aromatic heterocycles. The Balaban J connectivity index is 1.31. The SMILES string of the molecule is COc1ccc2c(n1)CC(NC(=O)C(CC1CCCC1)c1ccc(S(=O)(=O)N3CCN(C(C)C)CC3)cc1)=N2. The van der Waals surface area contributed by atoms with Crippen LogP contribution < -0.4 is 10.1 Å². The normalized spacial score (nSPS) is 19.6. The van der Waals surface area contributed by atoms with Crippen LogP contribution in [0.2, 0.25) is 0 Å². The summed E-state index contributed by atoms with van der Waals surface area (Å²) in [4.78, 5) is 25.2. The summed E-state index contributed by atoms with van der Waals surface area (Å²) in [6, 6.07) is 11.0. The van der Waals surface area contributed by atoms with E-state index in [9.17, 15) is 13.2 Å². The number of amides is 1. The summed E-state index contributed by atoms with van der Waals surface area (Å²) in [5.74, 6) is 1.09. The van der Waals surface area contributed by atoms with E-state index >= 15 is 0 Å². The van der Waals surface area contributed by atoms with Crippen LogP contribution in [0.5, 0.6) is 5.88 Å². The van der Waals surface area contributed by atoms with E-state index in [0.29, 0.717) is 43.2 Å². The highest BCUT2D eigenvalue weighted by Crippen LogP contribution is 2.35. The Hall–Kier alpha value is -2.82. The van der Waals surface area contributed by atoms with Crippen LogP contribution in [-0.4, -0.2) is 73.7 Å². The van der Waals surface area contributed by atoms with Gasteiger partial charge in [-0.3, -0.25) is 9.69 Å². The van der Waals surface area contributed by atoms with Crippen molar-refractivity contribution in [2.24, 2.45) is 10.9 Å². The number of nitrogens with zero attached hydrogens (tertiary/aromatic N) is 4. The largest absolute Gasteiger partial charge is 0.481 e. The second kappa shape index (κ2) is 11.7. The van der Waals surface area contributed by atoms with E-state index in [1.54, 1.807) is 29.6 Å². The summed E-state index contributed by atoms with van der Waals surface area (Å²) in [5.41, 5.74) is 2.35. The Morgan fingerprint density at radius 2 is 1.74 bits per heavy atom. The first kappa shape index (κ1) is 27.7. The molecular weight excluding hydrogens is 514 g/mol. The second-order valence-corrected chi connectivity index (χ2v) is 13.0. The Labute approximate surface area is 231 Å². The van der Waals surface area contributed by atoms with E-state index < -0.39 is 10.0 Å².